The molecule has 0 bridgehead atoms. The fraction of sp³-hybridized carbons (Fsp3) is 0.500. The first-order valence-electron chi connectivity index (χ1n) is 6.54. The molecule has 1 amide bonds. The normalized spacial score (nSPS) is 16.7. The number of likely N-dealkylation sites (tertiary alicyclic amines) is 1. The Hall–Kier alpha value is -1.49. The average molecular weight is 268 g/mol. The minimum atomic E-state index is -0.863. The Morgan fingerprint density at radius 1 is 1.37 bits per heavy atom. The van der Waals surface area contributed by atoms with Crippen molar-refractivity contribution in [3.05, 3.63) is 35.4 Å². The molecule has 0 radical (unpaired) electrons. The minimum absolute atomic E-state index is 0.0225. The van der Waals surface area contributed by atoms with E-state index in [4.69, 9.17) is 0 Å². The van der Waals surface area contributed by atoms with Crippen LogP contribution in [0.1, 0.15) is 25.3 Å². The van der Waals surface area contributed by atoms with Gasteiger partial charge < -0.3 is 10.2 Å². The topological polar surface area (TPSA) is 32.3 Å². The first-order chi connectivity index (χ1) is 9.09. The second-order valence-corrected chi connectivity index (χ2v) is 4.85. The van der Waals surface area contributed by atoms with Crippen molar-refractivity contribution in [3.8, 4) is 0 Å². The zero-order valence-corrected chi connectivity index (χ0v) is 11.0. The van der Waals surface area contributed by atoms with E-state index in [1.807, 2.05) is 0 Å². The lowest BCUT2D eigenvalue weighted by Gasteiger charge is -2.21. The summed E-state index contributed by atoms with van der Waals surface area (Å²) in [6, 6.07) is 3.67. The van der Waals surface area contributed by atoms with Crippen LogP contribution in [0, 0.1) is 11.6 Å². The van der Waals surface area contributed by atoms with Crippen LogP contribution in [0.25, 0.3) is 0 Å². The number of nitrogens with zero attached hydrogens (tertiary/aromatic N) is 1. The first kappa shape index (κ1) is 13.9. The lowest BCUT2D eigenvalue weighted by molar-refractivity contribution is -0.131. The molecule has 1 heterocycles. The first-order valence-corrected chi connectivity index (χ1v) is 6.54. The smallest absolute Gasteiger partial charge is 0.239 e. The second kappa shape index (κ2) is 6.10. The molecule has 0 aliphatic carbocycles. The quantitative estimate of drug-likeness (QED) is 0.906. The van der Waals surface area contributed by atoms with Crippen LogP contribution in [0.2, 0.25) is 0 Å². The zero-order chi connectivity index (χ0) is 13.8. The van der Waals surface area contributed by atoms with Gasteiger partial charge in [0.2, 0.25) is 5.91 Å². The SMILES string of the molecule is CC(NCc1cccc(F)c1F)C(=O)N1CCCC1. The summed E-state index contributed by atoms with van der Waals surface area (Å²) in [4.78, 5) is 13.8. The third-order valence-corrected chi connectivity index (χ3v) is 3.42. The van der Waals surface area contributed by atoms with E-state index in [-0.39, 0.29) is 24.1 Å². The van der Waals surface area contributed by atoms with Crippen LogP contribution in [-0.4, -0.2) is 29.9 Å². The standard InChI is InChI=1S/C14H18F2N2O/c1-10(14(19)18-7-2-3-8-18)17-9-11-5-4-6-12(15)13(11)16/h4-6,10,17H,2-3,7-9H2,1H3. The molecule has 19 heavy (non-hydrogen) atoms. The maximum Gasteiger partial charge on any atom is 0.239 e. The number of carbonyl (C=O) groups is 1. The molecule has 5 heteroatoms. The van der Waals surface area contributed by atoms with Crippen molar-refractivity contribution in [2.75, 3.05) is 13.1 Å². The van der Waals surface area contributed by atoms with Crippen molar-refractivity contribution in [1.82, 2.24) is 10.2 Å². The van der Waals surface area contributed by atoms with Crippen LogP contribution in [0.4, 0.5) is 8.78 Å². The van der Waals surface area contributed by atoms with Gasteiger partial charge in [-0.25, -0.2) is 8.78 Å². The molecule has 0 spiro atoms. The van der Waals surface area contributed by atoms with E-state index in [1.54, 1.807) is 11.8 Å². The molecule has 2 rings (SSSR count). The monoisotopic (exact) mass is 268 g/mol. The summed E-state index contributed by atoms with van der Waals surface area (Å²) >= 11 is 0. The molecule has 104 valence electrons. The Balaban J connectivity index is 1.90. The van der Waals surface area contributed by atoms with Gasteiger partial charge in [0.05, 0.1) is 6.04 Å². The maximum absolute atomic E-state index is 13.4. The molecule has 1 aliphatic heterocycles. The highest BCUT2D eigenvalue weighted by molar-refractivity contribution is 5.81. The molecule has 0 aromatic heterocycles. The van der Waals surface area contributed by atoms with Gasteiger partial charge >= 0.3 is 0 Å². The van der Waals surface area contributed by atoms with Crippen LogP contribution in [0.5, 0.6) is 0 Å². The van der Waals surface area contributed by atoms with Crippen LogP contribution in [-0.2, 0) is 11.3 Å². The molecule has 3 nitrogen and oxygen atoms in total. The van der Waals surface area contributed by atoms with Gasteiger partial charge in [0, 0.05) is 25.2 Å². The van der Waals surface area contributed by atoms with Gasteiger partial charge in [-0.05, 0) is 25.8 Å². The van der Waals surface area contributed by atoms with Gasteiger partial charge in [0.1, 0.15) is 0 Å². The molecule has 1 N–H and O–H groups in total. The number of hydrogen-bond donors (Lipinski definition) is 1. The molecule has 1 atom stereocenters. The van der Waals surface area contributed by atoms with E-state index in [2.05, 4.69) is 5.32 Å². The molecule has 1 saturated heterocycles. The van der Waals surface area contributed by atoms with E-state index in [0.29, 0.717) is 0 Å². The predicted octanol–water partition coefficient (Wildman–Crippen LogP) is 2.07. The summed E-state index contributed by atoms with van der Waals surface area (Å²) in [6.07, 6.45) is 2.08. The zero-order valence-electron chi connectivity index (χ0n) is 11.0. The number of amides is 1. The Morgan fingerprint density at radius 3 is 2.74 bits per heavy atom. The average Bonchev–Trinajstić information content (AvgIpc) is 2.93. The lowest BCUT2D eigenvalue weighted by Crippen LogP contribution is -2.43. The molecular formula is C14H18F2N2O. The van der Waals surface area contributed by atoms with Crippen molar-refractivity contribution in [1.29, 1.82) is 0 Å². The van der Waals surface area contributed by atoms with E-state index in [0.717, 1.165) is 32.0 Å². The fourth-order valence-corrected chi connectivity index (χ4v) is 2.25. The number of hydrogen-bond acceptors (Lipinski definition) is 2. The summed E-state index contributed by atoms with van der Waals surface area (Å²) in [6.45, 7) is 3.47. The highest BCUT2D eigenvalue weighted by atomic mass is 19.2. The Kier molecular flexibility index (Phi) is 4.47. The fourth-order valence-electron chi connectivity index (χ4n) is 2.25. The van der Waals surface area contributed by atoms with Crippen molar-refractivity contribution in [2.45, 2.75) is 32.4 Å². The molecule has 1 aliphatic rings. The van der Waals surface area contributed by atoms with Crippen molar-refractivity contribution >= 4 is 5.91 Å². The highest BCUT2D eigenvalue weighted by Crippen LogP contribution is 2.12. The van der Waals surface area contributed by atoms with E-state index in [1.165, 1.54) is 12.1 Å². The number of halogens is 2. The van der Waals surface area contributed by atoms with Crippen LogP contribution >= 0.6 is 0 Å². The highest BCUT2D eigenvalue weighted by Gasteiger charge is 2.23. The Morgan fingerprint density at radius 2 is 2.05 bits per heavy atom. The molecule has 1 aromatic rings. The van der Waals surface area contributed by atoms with Gasteiger partial charge in [-0.1, -0.05) is 12.1 Å². The van der Waals surface area contributed by atoms with Gasteiger partial charge in [0.15, 0.2) is 11.6 Å². The van der Waals surface area contributed by atoms with E-state index < -0.39 is 11.6 Å². The van der Waals surface area contributed by atoms with Gasteiger partial charge in [-0.2, -0.15) is 0 Å². The van der Waals surface area contributed by atoms with Crippen LogP contribution in [0.15, 0.2) is 18.2 Å². The van der Waals surface area contributed by atoms with E-state index in [9.17, 15) is 13.6 Å². The predicted molar refractivity (Wildman–Crippen MR) is 68.5 cm³/mol. The Bertz CT molecular complexity index is 459. The number of benzene rings is 1. The Labute approximate surface area is 111 Å². The summed E-state index contributed by atoms with van der Waals surface area (Å²) in [5.41, 5.74) is 0.237. The van der Waals surface area contributed by atoms with Crippen molar-refractivity contribution < 1.29 is 13.6 Å². The van der Waals surface area contributed by atoms with Crippen molar-refractivity contribution in [3.63, 3.8) is 0 Å². The molecule has 1 unspecified atom stereocenters. The maximum atomic E-state index is 13.4. The summed E-state index contributed by atoms with van der Waals surface area (Å²) in [5, 5.41) is 2.95. The summed E-state index contributed by atoms with van der Waals surface area (Å²) < 4.78 is 26.5. The van der Waals surface area contributed by atoms with Gasteiger partial charge in [-0.15, -0.1) is 0 Å². The molecule has 1 fully saturated rings. The van der Waals surface area contributed by atoms with Crippen LogP contribution < -0.4 is 5.32 Å². The third-order valence-electron chi connectivity index (χ3n) is 3.42. The molecular weight excluding hydrogens is 250 g/mol. The van der Waals surface area contributed by atoms with Crippen LogP contribution in [0.3, 0.4) is 0 Å². The van der Waals surface area contributed by atoms with Crippen molar-refractivity contribution in [2.24, 2.45) is 0 Å². The minimum Gasteiger partial charge on any atom is -0.341 e. The second-order valence-electron chi connectivity index (χ2n) is 4.85. The largest absolute Gasteiger partial charge is 0.341 e. The van der Waals surface area contributed by atoms with Gasteiger partial charge in [-0.3, -0.25) is 4.79 Å². The molecule has 0 saturated carbocycles. The van der Waals surface area contributed by atoms with E-state index >= 15 is 0 Å². The lowest BCUT2D eigenvalue weighted by atomic mass is 10.2. The summed E-state index contributed by atoms with van der Waals surface area (Å²) in [7, 11) is 0. The number of rotatable bonds is 4. The third kappa shape index (κ3) is 3.29. The summed E-state index contributed by atoms with van der Waals surface area (Å²) in [5.74, 6) is -1.69. The number of nitrogens with one attached hydrogen (secondary N) is 1. The number of carbonyl (C=O) groups excluding carboxylic acids is 1. The molecule has 1 aromatic carbocycles. The van der Waals surface area contributed by atoms with Gasteiger partial charge in [0.25, 0.3) is 0 Å².